The van der Waals surface area contributed by atoms with Crippen molar-refractivity contribution in [3.63, 3.8) is 0 Å². The van der Waals surface area contributed by atoms with E-state index in [1.54, 1.807) is 6.07 Å². The average molecular weight is 690 g/mol. The predicted molar refractivity (Wildman–Crippen MR) is 151 cm³/mol. The van der Waals surface area contributed by atoms with Gasteiger partial charge < -0.3 is 16.0 Å². The Labute approximate surface area is 259 Å². The molecule has 42 heavy (non-hydrogen) atoms. The van der Waals surface area contributed by atoms with Gasteiger partial charge in [-0.3, -0.25) is 14.4 Å². The molecule has 16 heteroatoms. The van der Waals surface area contributed by atoms with Crippen molar-refractivity contribution in [2.45, 2.75) is 22.8 Å². The molecule has 0 saturated heterocycles. The number of anilines is 3. The molecule has 0 radical (unpaired) electrons. The molecule has 0 spiro atoms. The molecule has 0 unspecified atom stereocenters. The quantitative estimate of drug-likeness (QED) is 0.172. The number of amides is 3. The minimum Gasteiger partial charge on any atom is -0.326 e. The molecule has 1 fully saturated rings. The lowest BCUT2D eigenvalue weighted by molar-refractivity contribution is -0.150. The number of carbonyl (C=O) groups excluding carboxylic acids is 3. The number of carbonyl (C=O) groups is 3. The van der Waals surface area contributed by atoms with E-state index in [-0.39, 0.29) is 21.3 Å². The van der Waals surface area contributed by atoms with E-state index in [1.165, 1.54) is 29.6 Å². The molecule has 2 atom stereocenters. The van der Waals surface area contributed by atoms with Gasteiger partial charge in [-0.2, -0.15) is 13.2 Å². The van der Waals surface area contributed by atoms with Gasteiger partial charge in [0.1, 0.15) is 22.3 Å². The van der Waals surface area contributed by atoms with Gasteiger partial charge in [-0.05, 0) is 48.0 Å². The van der Waals surface area contributed by atoms with Gasteiger partial charge in [-0.15, -0.1) is 23.2 Å². The van der Waals surface area contributed by atoms with Crippen LogP contribution in [-0.2, 0) is 9.59 Å². The monoisotopic (exact) mass is 687 g/mol. The van der Waals surface area contributed by atoms with Gasteiger partial charge in [-0.25, -0.2) is 8.78 Å². The molecule has 0 aromatic heterocycles. The second-order valence-electron chi connectivity index (χ2n) is 9.07. The molecule has 3 aromatic rings. The molecule has 0 aliphatic heterocycles. The zero-order valence-corrected chi connectivity index (χ0v) is 24.3. The van der Waals surface area contributed by atoms with Gasteiger partial charge >= 0.3 is 6.18 Å². The van der Waals surface area contributed by atoms with Crippen molar-refractivity contribution >= 4 is 92.8 Å². The third-order valence-electron chi connectivity index (χ3n) is 6.08. The topological polar surface area (TPSA) is 87.3 Å². The Morgan fingerprint density at radius 2 is 1.50 bits per heavy atom. The molecule has 6 nitrogen and oxygen atoms in total. The Balaban J connectivity index is 1.50. The molecule has 0 bridgehead atoms. The third kappa shape index (κ3) is 7.03. The highest BCUT2D eigenvalue weighted by molar-refractivity contribution is 6.53. The van der Waals surface area contributed by atoms with Gasteiger partial charge in [0.25, 0.3) is 5.91 Å². The standard InChI is InChI=1S/C26H15Cl5F5N3O3/c27-13-4-2-11(37-24(42)20-19(26(20,30)31)10-1-3-14(28)15(29)7-10)8-12(13)23(41)38-17-6-5-16(32)22(21(17)33)39-18(40)9-25(34,35)36/h1-8,19-20H,9H2,(H,37,42)(H,38,41)(H,39,40)/t19-,20+/m0/s1. The number of alkyl halides is 5. The van der Waals surface area contributed by atoms with E-state index in [2.05, 4.69) is 10.6 Å². The first kappa shape index (κ1) is 32.1. The van der Waals surface area contributed by atoms with Gasteiger partial charge in [0.2, 0.25) is 11.8 Å². The third-order valence-corrected chi connectivity index (χ3v) is 8.09. The summed E-state index contributed by atoms with van der Waals surface area (Å²) in [6, 6.07) is 9.89. The maximum atomic E-state index is 14.9. The summed E-state index contributed by atoms with van der Waals surface area (Å²) in [5, 5.41) is 6.59. The number of halogens is 10. The number of rotatable bonds is 7. The van der Waals surface area contributed by atoms with E-state index in [4.69, 9.17) is 58.0 Å². The molecule has 1 aliphatic carbocycles. The maximum Gasteiger partial charge on any atom is 0.397 e. The lowest BCUT2D eigenvalue weighted by atomic mass is 10.1. The summed E-state index contributed by atoms with van der Waals surface area (Å²) in [4.78, 5) is 37.5. The smallest absolute Gasteiger partial charge is 0.326 e. The maximum absolute atomic E-state index is 14.9. The first-order valence-electron chi connectivity index (χ1n) is 11.6. The molecule has 222 valence electrons. The Morgan fingerprint density at radius 3 is 2.14 bits per heavy atom. The summed E-state index contributed by atoms with van der Waals surface area (Å²) >= 11 is 30.8. The molecule has 3 N–H and O–H groups in total. The number of benzene rings is 3. The van der Waals surface area contributed by atoms with Crippen molar-refractivity contribution in [3.8, 4) is 0 Å². The summed E-state index contributed by atoms with van der Waals surface area (Å²) < 4.78 is 64.8. The van der Waals surface area contributed by atoms with Crippen LogP contribution < -0.4 is 16.0 Å². The SMILES string of the molecule is O=C(CC(F)(F)F)Nc1c(F)ccc(NC(=O)c2cc(NC(=O)[C@H]3[C@H](c4ccc(Cl)c(Cl)c4)C3(Cl)Cl)ccc2Cl)c1F. The molecular weight excluding hydrogens is 675 g/mol. The van der Waals surface area contributed by atoms with Gasteiger partial charge in [-0.1, -0.05) is 40.9 Å². The molecule has 0 heterocycles. The minimum absolute atomic E-state index is 0.0816. The average Bonchev–Trinajstić information content (AvgIpc) is 3.47. The van der Waals surface area contributed by atoms with Crippen molar-refractivity contribution < 1.29 is 36.3 Å². The van der Waals surface area contributed by atoms with Crippen LogP contribution in [0.2, 0.25) is 15.1 Å². The van der Waals surface area contributed by atoms with Gasteiger partial charge in [0.15, 0.2) is 5.82 Å². The van der Waals surface area contributed by atoms with Crippen LogP contribution >= 0.6 is 58.0 Å². The van der Waals surface area contributed by atoms with E-state index in [1.807, 2.05) is 0 Å². The summed E-state index contributed by atoms with van der Waals surface area (Å²) in [7, 11) is 0. The second kappa shape index (κ2) is 12.0. The van der Waals surface area contributed by atoms with E-state index >= 15 is 0 Å². The zero-order valence-electron chi connectivity index (χ0n) is 20.5. The van der Waals surface area contributed by atoms with Gasteiger partial charge in [0.05, 0.1) is 32.2 Å². The molecule has 1 aliphatic rings. The lowest BCUT2D eigenvalue weighted by Crippen LogP contribution is -2.23. The summed E-state index contributed by atoms with van der Waals surface area (Å²) in [6.45, 7) is 0. The van der Waals surface area contributed by atoms with Crippen molar-refractivity contribution in [2.24, 2.45) is 5.92 Å². The van der Waals surface area contributed by atoms with Crippen LogP contribution in [0.4, 0.5) is 39.0 Å². The van der Waals surface area contributed by atoms with Crippen molar-refractivity contribution in [1.82, 2.24) is 0 Å². The highest BCUT2D eigenvalue weighted by Crippen LogP contribution is 2.65. The zero-order chi connectivity index (χ0) is 31.1. The largest absolute Gasteiger partial charge is 0.397 e. The normalized spacial score (nSPS) is 17.4. The Kier molecular flexibility index (Phi) is 9.20. The van der Waals surface area contributed by atoms with Crippen LogP contribution in [0.1, 0.15) is 28.3 Å². The van der Waals surface area contributed by atoms with E-state index in [0.717, 1.165) is 12.1 Å². The van der Waals surface area contributed by atoms with Crippen LogP contribution in [-0.4, -0.2) is 28.2 Å². The van der Waals surface area contributed by atoms with Crippen molar-refractivity contribution in [3.05, 3.63) is 86.4 Å². The molecule has 3 amide bonds. The number of nitrogens with one attached hydrogen (secondary N) is 3. The van der Waals surface area contributed by atoms with Crippen LogP contribution in [0.25, 0.3) is 0 Å². The minimum atomic E-state index is -4.92. The van der Waals surface area contributed by atoms with Crippen LogP contribution in [0.3, 0.4) is 0 Å². The Bertz CT molecular complexity index is 1600. The predicted octanol–water partition coefficient (Wildman–Crippen LogP) is 8.59. The molecule has 3 aromatic carbocycles. The fraction of sp³-hybridized carbons (Fsp3) is 0.192. The van der Waals surface area contributed by atoms with E-state index < -0.39 is 69.5 Å². The number of hydrogen-bond acceptors (Lipinski definition) is 3. The number of hydrogen-bond donors (Lipinski definition) is 3. The van der Waals surface area contributed by atoms with E-state index in [0.29, 0.717) is 16.7 Å². The second-order valence-corrected chi connectivity index (χ2v) is 11.7. The van der Waals surface area contributed by atoms with Crippen LogP contribution in [0.5, 0.6) is 0 Å². The fourth-order valence-corrected chi connectivity index (χ4v) is 5.43. The lowest BCUT2D eigenvalue weighted by Gasteiger charge is -2.14. The molecular formula is C26H15Cl5F5N3O3. The summed E-state index contributed by atoms with van der Waals surface area (Å²) in [5.74, 6) is -7.81. The molecule has 4 rings (SSSR count). The van der Waals surface area contributed by atoms with Crippen molar-refractivity contribution in [1.29, 1.82) is 0 Å². The first-order chi connectivity index (χ1) is 19.5. The van der Waals surface area contributed by atoms with Gasteiger partial charge in [0, 0.05) is 11.6 Å². The molecule has 1 saturated carbocycles. The Morgan fingerprint density at radius 1 is 0.833 bits per heavy atom. The Hall–Kier alpha value is -2.83. The fourth-order valence-electron chi connectivity index (χ4n) is 4.09. The van der Waals surface area contributed by atoms with Crippen LogP contribution in [0, 0.1) is 17.6 Å². The van der Waals surface area contributed by atoms with E-state index in [9.17, 15) is 36.3 Å². The highest BCUT2D eigenvalue weighted by atomic mass is 35.5. The van der Waals surface area contributed by atoms with Crippen molar-refractivity contribution in [2.75, 3.05) is 16.0 Å². The summed E-state index contributed by atoms with van der Waals surface area (Å²) in [6.07, 6.45) is -6.90. The highest BCUT2D eigenvalue weighted by Gasteiger charge is 2.67. The van der Waals surface area contributed by atoms with Crippen LogP contribution in [0.15, 0.2) is 48.5 Å². The summed E-state index contributed by atoms with van der Waals surface area (Å²) in [5.41, 5.74) is -1.48. The first-order valence-corrected chi connectivity index (χ1v) is 13.5.